The maximum absolute atomic E-state index is 12.5. The van der Waals surface area contributed by atoms with Crippen LogP contribution in [0.3, 0.4) is 0 Å². The lowest BCUT2D eigenvalue weighted by molar-refractivity contribution is 0.403. The molecule has 2 aromatic carbocycles. The van der Waals surface area contributed by atoms with Gasteiger partial charge in [-0.1, -0.05) is 18.2 Å². The first-order valence-electron chi connectivity index (χ1n) is 6.34. The molecule has 0 spiro atoms. The zero-order chi connectivity index (χ0) is 14.9. The molecule has 0 fully saturated rings. The predicted octanol–water partition coefficient (Wildman–Crippen LogP) is 2.98. The molecule has 1 heterocycles. The number of rotatable bonds is 4. The van der Waals surface area contributed by atoms with Crippen LogP contribution in [0, 0.1) is 0 Å². The Morgan fingerprint density at radius 2 is 1.86 bits per heavy atom. The Bertz CT molecular complexity index is 885. The van der Waals surface area contributed by atoms with E-state index in [9.17, 15) is 8.42 Å². The fraction of sp³-hybridized carbons (Fsp3) is 0.0667. The molecule has 6 heteroatoms. The van der Waals surface area contributed by atoms with Gasteiger partial charge in [-0.3, -0.25) is 4.72 Å². The Hall–Kier alpha value is -2.47. The molecule has 21 heavy (non-hydrogen) atoms. The topological polar surface area (TPSA) is 71.2 Å². The molecule has 1 aromatic heterocycles. The molecule has 5 nitrogen and oxygen atoms in total. The first-order chi connectivity index (χ1) is 10.1. The molecule has 0 aliphatic carbocycles. The second kappa shape index (κ2) is 5.14. The minimum atomic E-state index is -3.71. The Morgan fingerprint density at radius 1 is 1.05 bits per heavy atom. The molecule has 0 bridgehead atoms. The number of benzene rings is 2. The van der Waals surface area contributed by atoms with Crippen LogP contribution >= 0.6 is 0 Å². The average Bonchev–Trinajstić information content (AvgIpc) is 2.96. The van der Waals surface area contributed by atoms with Crippen LogP contribution in [-0.4, -0.2) is 20.5 Å². The molecule has 0 unspecified atom stereocenters. The summed E-state index contributed by atoms with van der Waals surface area (Å²) >= 11 is 0. The number of sulfonamides is 1. The lowest BCUT2D eigenvalue weighted by Gasteiger charge is -2.12. The summed E-state index contributed by atoms with van der Waals surface area (Å²) < 4.78 is 32.8. The van der Waals surface area contributed by atoms with Gasteiger partial charge in [-0.2, -0.15) is 0 Å². The summed E-state index contributed by atoms with van der Waals surface area (Å²) in [6.45, 7) is 0. The van der Waals surface area contributed by atoms with Gasteiger partial charge < -0.3 is 9.72 Å². The number of H-pyrrole nitrogens is 1. The third kappa shape index (κ3) is 2.45. The van der Waals surface area contributed by atoms with E-state index in [0.717, 1.165) is 10.9 Å². The van der Waals surface area contributed by atoms with Gasteiger partial charge in [0.15, 0.2) is 0 Å². The number of aromatic amines is 1. The maximum atomic E-state index is 12.5. The highest BCUT2D eigenvalue weighted by Gasteiger charge is 2.19. The molecular formula is C15H14N2O3S. The van der Waals surface area contributed by atoms with Crippen molar-refractivity contribution in [3.05, 3.63) is 54.7 Å². The first-order valence-corrected chi connectivity index (χ1v) is 7.82. The van der Waals surface area contributed by atoms with E-state index in [2.05, 4.69) is 9.71 Å². The van der Waals surface area contributed by atoms with Gasteiger partial charge in [0, 0.05) is 17.1 Å². The van der Waals surface area contributed by atoms with Crippen molar-refractivity contribution in [1.29, 1.82) is 0 Å². The zero-order valence-electron chi connectivity index (χ0n) is 11.3. The van der Waals surface area contributed by atoms with Crippen LogP contribution in [0.25, 0.3) is 10.9 Å². The van der Waals surface area contributed by atoms with Crippen molar-refractivity contribution in [3.63, 3.8) is 0 Å². The smallest absolute Gasteiger partial charge is 0.265 e. The van der Waals surface area contributed by atoms with E-state index < -0.39 is 10.0 Å². The summed E-state index contributed by atoms with van der Waals surface area (Å²) in [5.74, 6) is 0.311. The maximum Gasteiger partial charge on any atom is 0.265 e. The highest BCUT2D eigenvalue weighted by atomic mass is 32.2. The van der Waals surface area contributed by atoms with Gasteiger partial charge in [-0.05, 0) is 30.3 Å². The minimum absolute atomic E-state index is 0.111. The van der Waals surface area contributed by atoms with E-state index in [0.29, 0.717) is 11.4 Å². The summed E-state index contributed by atoms with van der Waals surface area (Å²) in [6, 6.07) is 13.7. The number of para-hydroxylation sites is 1. The third-order valence-corrected chi connectivity index (χ3v) is 4.60. The molecule has 0 radical (unpaired) electrons. The van der Waals surface area contributed by atoms with Crippen LogP contribution in [0.2, 0.25) is 0 Å². The van der Waals surface area contributed by atoms with Gasteiger partial charge in [0.25, 0.3) is 10.0 Å². The fourth-order valence-corrected chi connectivity index (χ4v) is 3.47. The van der Waals surface area contributed by atoms with Crippen molar-refractivity contribution < 1.29 is 13.2 Å². The first kappa shape index (κ1) is 13.5. The Balaban J connectivity index is 2.06. The second-order valence-corrected chi connectivity index (χ2v) is 6.15. The number of aromatic nitrogens is 1. The molecule has 3 rings (SSSR count). The highest BCUT2D eigenvalue weighted by Crippen LogP contribution is 2.28. The molecule has 108 valence electrons. The number of nitrogens with one attached hydrogen (secondary N) is 2. The average molecular weight is 302 g/mol. The largest absolute Gasteiger partial charge is 0.495 e. The number of methoxy groups -OCH3 is 1. The van der Waals surface area contributed by atoms with Crippen molar-refractivity contribution in [3.8, 4) is 5.75 Å². The summed E-state index contributed by atoms with van der Waals surface area (Å²) in [5, 5.41) is 0.816. The van der Waals surface area contributed by atoms with Gasteiger partial charge >= 0.3 is 0 Å². The van der Waals surface area contributed by atoms with E-state index >= 15 is 0 Å². The molecule has 0 saturated heterocycles. The summed E-state index contributed by atoms with van der Waals surface area (Å²) in [7, 11) is -2.27. The molecular weight excluding hydrogens is 288 g/mol. The van der Waals surface area contributed by atoms with Gasteiger partial charge in [-0.25, -0.2) is 8.42 Å². The van der Waals surface area contributed by atoms with Crippen molar-refractivity contribution in [1.82, 2.24) is 4.98 Å². The summed E-state index contributed by atoms with van der Waals surface area (Å²) in [6.07, 6.45) is 1.77. The standard InChI is InChI=1S/C15H14N2O3S/c1-20-14-7-2-3-8-15(14)21(18,19)17-13-6-4-5-12-11(13)9-10-16-12/h2-10,16-17H,1H3. The van der Waals surface area contributed by atoms with Gasteiger partial charge in [0.05, 0.1) is 12.8 Å². The molecule has 0 aliphatic heterocycles. The normalized spacial score (nSPS) is 11.5. The van der Waals surface area contributed by atoms with Gasteiger partial charge in [0.2, 0.25) is 0 Å². The molecule has 2 N–H and O–H groups in total. The second-order valence-electron chi connectivity index (χ2n) is 4.50. The molecule has 0 saturated carbocycles. The lowest BCUT2D eigenvalue weighted by atomic mass is 10.2. The summed E-state index contributed by atoms with van der Waals surface area (Å²) in [5.41, 5.74) is 1.40. The van der Waals surface area contributed by atoms with Crippen LogP contribution in [0.5, 0.6) is 5.75 Å². The van der Waals surface area contributed by atoms with Crippen molar-refractivity contribution in [2.75, 3.05) is 11.8 Å². The Morgan fingerprint density at radius 3 is 2.67 bits per heavy atom. The van der Waals surface area contributed by atoms with E-state index in [1.165, 1.54) is 13.2 Å². The van der Waals surface area contributed by atoms with E-state index in [4.69, 9.17) is 4.74 Å². The number of hydrogen-bond acceptors (Lipinski definition) is 3. The third-order valence-electron chi connectivity index (χ3n) is 3.20. The fourth-order valence-electron chi connectivity index (χ4n) is 2.21. The van der Waals surface area contributed by atoms with E-state index in [1.54, 1.807) is 36.5 Å². The number of ether oxygens (including phenoxy) is 1. The predicted molar refractivity (Wildman–Crippen MR) is 82.1 cm³/mol. The van der Waals surface area contributed by atoms with Crippen molar-refractivity contribution in [2.24, 2.45) is 0 Å². The molecule has 0 atom stereocenters. The quantitative estimate of drug-likeness (QED) is 0.778. The number of fused-ring (bicyclic) bond motifs is 1. The Labute approximate surface area is 122 Å². The van der Waals surface area contributed by atoms with E-state index in [1.807, 2.05) is 12.1 Å². The number of anilines is 1. The van der Waals surface area contributed by atoms with Gasteiger partial charge in [-0.15, -0.1) is 0 Å². The van der Waals surface area contributed by atoms with Crippen LogP contribution in [0.1, 0.15) is 0 Å². The monoisotopic (exact) mass is 302 g/mol. The Kier molecular flexibility index (Phi) is 3.31. The highest BCUT2D eigenvalue weighted by molar-refractivity contribution is 7.92. The van der Waals surface area contributed by atoms with Crippen LogP contribution < -0.4 is 9.46 Å². The number of hydrogen-bond donors (Lipinski definition) is 2. The minimum Gasteiger partial charge on any atom is -0.495 e. The van der Waals surface area contributed by atoms with Gasteiger partial charge in [0.1, 0.15) is 10.6 Å². The van der Waals surface area contributed by atoms with Crippen molar-refractivity contribution in [2.45, 2.75) is 4.90 Å². The molecule has 0 aliphatic rings. The van der Waals surface area contributed by atoms with Crippen LogP contribution in [-0.2, 0) is 10.0 Å². The van der Waals surface area contributed by atoms with E-state index in [-0.39, 0.29) is 4.90 Å². The van der Waals surface area contributed by atoms with Crippen LogP contribution in [0.15, 0.2) is 59.6 Å². The molecule has 3 aromatic rings. The molecule has 0 amide bonds. The van der Waals surface area contributed by atoms with Crippen LogP contribution in [0.4, 0.5) is 5.69 Å². The SMILES string of the molecule is COc1ccccc1S(=O)(=O)Nc1cccc2[nH]ccc12. The zero-order valence-corrected chi connectivity index (χ0v) is 12.1. The summed E-state index contributed by atoms with van der Waals surface area (Å²) in [4.78, 5) is 3.16. The lowest BCUT2D eigenvalue weighted by Crippen LogP contribution is -2.14. The van der Waals surface area contributed by atoms with Crippen molar-refractivity contribution >= 4 is 26.6 Å².